The first-order chi connectivity index (χ1) is 15.2. The van der Waals surface area contributed by atoms with Crippen molar-refractivity contribution in [1.82, 2.24) is 25.0 Å². The largest absolute Gasteiger partial charge is 0.465 e. The maximum Gasteiger partial charge on any atom is 0.407 e. The molecule has 3 aromatic rings. The molecule has 1 atom stereocenters. The fraction of sp³-hybridized carbons (Fsp3) is 0.435. The maximum atomic E-state index is 11.4. The first kappa shape index (κ1) is 20.0. The highest BCUT2D eigenvalue weighted by molar-refractivity contribution is 5.91. The second-order valence-corrected chi connectivity index (χ2v) is 8.38. The smallest absolute Gasteiger partial charge is 0.407 e. The molecule has 1 aromatic carbocycles. The number of nitrogens with one attached hydrogen (secondary N) is 1. The lowest BCUT2D eigenvalue weighted by molar-refractivity contribution is 0.0342. The lowest BCUT2D eigenvalue weighted by Gasteiger charge is -2.30. The molecule has 2 aliphatic rings. The summed E-state index contributed by atoms with van der Waals surface area (Å²) in [7, 11) is 0. The van der Waals surface area contributed by atoms with Gasteiger partial charge in [-0.3, -0.25) is 15.0 Å². The van der Waals surface area contributed by atoms with Crippen LogP contribution in [-0.4, -0.2) is 75.6 Å². The fourth-order valence-electron chi connectivity index (χ4n) is 4.57. The molecule has 0 spiro atoms. The molecule has 2 aromatic heterocycles. The van der Waals surface area contributed by atoms with Gasteiger partial charge in [-0.15, -0.1) is 0 Å². The minimum Gasteiger partial charge on any atom is -0.465 e. The topological polar surface area (TPSA) is 94.6 Å². The molecule has 0 saturated carbocycles. The summed E-state index contributed by atoms with van der Waals surface area (Å²) in [6.07, 6.45) is 2.76. The predicted molar refractivity (Wildman–Crippen MR) is 117 cm³/mol. The monoisotopic (exact) mass is 421 g/mol. The lowest BCUT2D eigenvalue weighted by Crippen LogP contribution is -2.38. The molecule has 2 N–H and O–H groups in total. The van der Waals surface area contributed by atoms with Crippen molar-refractivity contribution in [3.63, 3.8) is 0 Å². The van der Waals surface area contributed by atoms with Crippen LogP contribution in [0.3, 0.4) is 0 Å². The fourth-order valence-corrected chi connectivity index (χ4v) is 4.57. The number of benzene rings is 1. The van der Waals surface area contributed by atoms with E-state index in [1.54, 1.807) is 0 Å². The minimum atomic E-state index is -0.856. The molecule has 8 heteroatoms. The summed E-state index contributed by atoms with van der Waals surface area (Å²) >= 11 is 0. The zero-order chi connectivity index (χ0) is 21.2. The second kappa shape index (κ2) is 8.64. The van der Waals surface area contributed by atoms with Crippen LogP contribution in [0.15, 0.2) is 36.5 Å². The quantitative estimate of drug-likeness (QED) is 0.671. The van der Waals surface area contributed by atoms with Gasteiger partial charge in [0.2, 0.25) is 0 Å². The summed E-state index contributed by atoms with van der Waals surface area (Å²) in [5, 5.41) is 17.7. The molecule has 0 bridgehead atoms. The minimum absolute atomic E-state index is 0.100. The van der Waals surface area contributed by atoms with Gasteiger partial charge in [0.05, 0.1) is 30.6 Å². The van der Waals surface area contributed by atoms with Crippen LogP contribution in [0.2, 0.25) is 0 Å². The number of morpholine rings is 1. The van der Waals surface area contributed by atoms with Crippen LogP contribution in [0.5, 0.6) is 0 Å². The van der Waals surface area contributed by atoms with Crippen molar-refractivity contribution in [3.8, 4) is 11.3 Å². The number of H-pyrrole nitrogens is 1. The highest BCUT2D eigenvalue weighted by atomic mass is 16.5. The average molecular weight is 422 g/mol. The van der Waals surface area contributed by atoms with Crippen LogP contribution in [0.1, 0.15) is 30.0 Å². The molecule has 162 valence electrons. The van der Waals surface area contributed by atoms with E-state index in [1.807, 2.05) is 12.3 Å². The molecule has 0 radical (unpaired) electrons. The Bertz CT molecular complexity index is 1060. The summed E-state index contributed by atoms with van der Waals surface area (Å²) in [5.74, 6) is 0.100. The first-order valence-electron chi connectivity index (χ1n) is 10.9. The SMILES string of the molecule is O=C(O)N1CCCC(c2cc3cn[nH]c3c(-c3ccc(CN4CCOCC4)cc3)n2)C1. The van der Waals surface area contributed by atoms with E-state index >= 15 is 0 Å². The highest BCUT2D eigenvalue weighted by Gasteiger charge is 2.26. The molecule has 5 rings (SSSR count). The Morgan fingerprint density at radius 1 is 1.19 bits per heavy atom. The summed E-state index contributed by atoms with van der Waals surface area (Å²) in [6.45, 7) is 5.54. The van der Waals surface area contributed by atoms with Gasteiger partial charge in [-0.05, 0) is 24.5 Å². The van der Waals surface area contributed by atoms with Crippen molar-refractivity contribution in [2.45, 2.75) is 25.3 Å². The second-order valence-electron chi connectivity index (χ2n) is 8.38. The number of ether oxygens (including phenoxy) is 1. The van der Waals surface area contributed by atoms with Crippen molar-refractivity contribution in [2.75, 3.05) is 39.4 Å². The Kier molecular flexibility index (Phi) is 5.57. The molecule has 1 unspecified atom stereocenters. The van der Waals surface area contributed by atoms with Gasteiger partial charge in [0.15, 0.2) is 0 Å². The summed E-state index contributed by atoms with van der Waals surface area (Å²) in [4.78, 5) is 20.3. The molecule has 4 heterocycles. The number of rotatable bonds is 4. The van der Waals surface area contributed by atoms with E-state index in [-0.39, 0.29) is 5.92 Å². The predicted octanol–water partition coefficient (Wildman–Crippen LogP) is 3.31. The van der Waals surface area contributed by atoms with E-state index in [9.17, 15) is 9.90 Å². The summed E-state index contributed by atoms with van der Waals surface area (Å²) in [6, 6.07) is 10.6. The van der Waals surface area contributed by atoms with E-state index < -0.39 is 6.09 Å². The molecule has 2 saturated heterocycles. The van der Waals surface area contributed by atoms with Crippen molar-refractivity contribution in [2.24, 2.45) is 0 Å². The van der Waals surface area contributed by atoms with Gasteiger partial charge in [-0.2, -0.15) is 5.10 Å². The number of carboxylic acid groups (broad SMARTS) is 1. The third-order valence-electron chi connectivity index (χ3n) is 6.30. The van der Waals surface area contributed by atoms with Gasteiger partial charge in [0, 0.05) is 55.3 Å². The number of hydrogen-bond acceptors (Lipinski definition) is 5. The van der Waals surface area contributed by atoms with Crippen LogP contribution < -0.4 is 0 Å². The molecule has 31 heavy (non-hydrogen) atoms. The normalized spacial score (nSPS) is 20.3. The van der Waals surface area contributed by atoms with Gasteiger partial charge in [-0.1, -0.05) is 24.3 Å². The molecule has 8 nitrogen and oxygen atoms in total. The number of carbonyl (C=O) groups is 1. The zero-order valence-corrected chi connectivity index (χ0v) is 17.5. The van der Waals surface area contributed by atoms with Crippen LogP contribution in [-0.2, 0) is 11.3 Å². The molecular formula is C23H27N5O3. The van der Waals surface area contributed by atoms with E-state index in [0.29, 0.717) is 13.1 Å². The van der Waals surface area contributed by atoms with Crippen LogP contribution in [0.4, 0.5) is 4.79 Å². The number of hydrogen-bond donors (Lipinski definition) is 2. The standard InChI is InChI=1S/C23H27N5O3/c29-23(30)28-7-1-2-18(15-28)20-12-19-13-24-26-22(19)21(25-20)17-5-3-16(4-6-17)14-27-8-10-31-11-9-27/h3-6,12-13,18H,1-2,7-11,14-15H2,(H,24,26)(H,29,30). The van der Waals surface area contributed by atoms with Crippen molar-refractivity contribution in [1.29, 1.82) is 0 Å². The van der Waals surface area contributed by atoms with Gasteiger partial charge in [0.25, 0.3) is 0 Å². The van der Waals surface area contributed by atoms with E-state index in [1.165, 1.54) is 10.5 Å². The van der Waals surface area contributed by atoms with Gasteiger partial charge < -0.3 is 14.7 Å². The van der Waals surface area contributed by atoms with E-state index in [2.05, 4.69) is 39.4 Å². The van der Waals surface area contributed by atoms with Crippen LogP contribution in [0, 0.1) is 0 Å². The highest BCUT2D eigenvalue weighted by Crippen LogP contribution is 2.32. The number of fused-ring (bicyclic) bond motifs is 1. The van der Waals surface area contributed by atoms with Gasteiger partial charge in [-0.25, -0.2) is 4.79 Å². The Hall–Kier alpha value is -2.97. The zero-order valence-electron chi connectivity index (χ0n) is 17.5. The number of pyridine rings is 1. The Labute approximate surface area is 180 Å². The Morgan fingerprint density at radius 3 is 2.77 bits per heavy atom. The molecule has 1 amide bonds. The van der Waals surface area contributed by atoms with Crippen molar-refractivity contribution < 1.29 is 14.6 Å². The van der Waals surface area contributed by atoms with Crippen LogP contribution >= 0.6 is 0 Å². The number of aromatic nitrogens is 3. The van der Waals surface area contributed by atoms with Gasteiger partial charge >= 0.3 is 6.09 Å². The number of nitrogens with zero attached hydrogens (tertiary/aromatic N) is 4. The number of aromatic amines is 1. The van der Waals surface area contributed by atoms with Gasteiger partial charge in [0.1, 0.15) is 0 Å². The average Bonchev–Trinajstić information content (AvgIpc) is 3.29. The summed E-state index contributed by atoms with van der Waals surface area (Å²) in [5.41, 5.74) is 5.03. The van der Waals surface area contributed by atoms with E-state index in [4.69, 9.17) is 9.72 Å². The molecule has 0 aliphatic carbocycles. The van der Waals surface area contributed by atoms with Crippen molar-refractivity contribution in [3.05, 3.63) is 47.8 Å². The molecule has 2 aliphatic heterocycles. The number of amides is 1. The molecule has 2 fully saturated rings. The number of likely N-dealkylation sites (tertiary alicyclic amines) is 1. The van der Waals surface area contributed by atoms with E-state index in [0.717, 1.165) is 73.5 Å². The third-order valence-corrected chi connectivity index (χ3v) is 6.30. The summed E-state index contributed by atoms with van der Waals surface area (Å²) < 4.78 is 5.43. The van der Waals surface area contributed by atoms with Crippen molar-refractivity contribution >= 4 is 17.0 Å². The Morgan fingerprint density at radius 2 is 2.00 bits per heavy atom. The maximum absolute atomic E-state index is 11.4. The first-order valence-corrected chi connectivity index (χ1v) is 10.9. The Balaban J connectivity index is 1.42. The third kappa shape index (κ3) is 4.26. The molecular weight excluding hydrogens is 394 g/mol. The van der Waals surface area contributed by atoms with Crippen LogP contribution in [0.25, 0.3) is 22.2 Å². The lowest BCUT2D eigenvalue weighted by atomic mass is 9.93. The number of piperidine rings is 1.